The van der Waals surface area contributed by atoms with E-state index in [4.69, 9.17) is 23.7 Å². The van der Waals surface area contributed by atoms with E-state index in [9.17, 15) is 9.59 Å². The van der Waals surface area contributed by atoms with Gasteiger partial charge in [-0.1, -0.05) is 20.3 Å². The van der Waals surface area contributed by atoms with Gasteiger partial charge in [0.25, 0.3) is 0 Å². The van der Waals surface area contributed by atoms with Crippen molar-refractivity contribution in [2.24, 2.45) is 28.6 Å². The summed E-state index contributed by atoms with van der Waals surface area (Å²) in [6, 6.07) is 0. The smallest absolute Gasteiger partial charge is 0.302 e. The van der Waals surface area contributed by atoms with E-state index in [1.165, 1.54) is 13.8 Å². The molecule has 0 unspecified atom stereocenters. The molecule has 0 amide bonds. The lowest BCUT2D eigenvalue weighted by Gasteiger charge is -2.64. The molecule has 7 heteroatoms. The summed E-state index contributed by atoms with van der Waals surface area (Å²) in [5.74, 6) is 0.301. The van der Waals surface area contributed by atoms with Crippen LogP contribution < -0.4 is 0 Å². The Morgan fingerprint density at radius 2 is 1.90 bits per heavy atom. The van der Waals surface area contributed by atoms with Gasteiger partial charge in [0.1, 0.15) is 18.3 Å². The van der Waals surface area contributed by atoms with E-state index < -0.39 is 11.0 Å². The average Bonchev–Trinajstić information content (AvgIpc) is 3.15. The van der Waals surface area contributed by atoms with Gasteiger partial charge in [-0.2, -0.15) is 0 Å². The first-order chi connectivity index (χ1) is 14.7. The molecule has 31 heavy (non-hydrogen) atoms. The van der Waals surface area contributed by atoms with Crippen LogP contribution >= 0.6 is 0 Å². The summed E-state index contributed by atoms with van der Waals surface area (Å²) in [7, 11) is 0. The highest BCUT2D eigenvalue weighted by atomic mass is 16.7. The number of rotatable bonds is 4. The van der Waals surface area contributed by atoms with Crippen LogP contribution in [0.5, 0.6) is 0 Å². The third kappa shape index (κ3) is 3.10. The van der Waals surface area contributed by atoms with Crippen molar-refractivity contribution >= 4 is 11.9 Å². The quantitative estimate of drug-likeness (QED) is 0.494. The van der Waals surface area contributed by atoms with Crippen LogP contribution in [0.4, 0.5) is 0 Å². The number of esters is 2. The van der Waals surface area contributed by atoms with Crippen molar-refractivity contribution in [2.45, 2.75) is 90.3 Å². The van der Waals surface area contributed by atoms with Crippen LogP contribution in [-0.4, -0.2) is 55.9 Å². The molecule has 3 saturated heterocycles. The van der Waals surface area contributed by atoms with Crippen LogP contribution in [0.15, 0.2) is 0 Å². The normalized spacial score (nSPS) is 50.6. The fourth-order valence-electron chi connectivity index (χ4n) is 7.73. The SMILES string of the molecule is CC(=O)OC[C@@]12[C@H](OC(C)=O)C[C@H](C)[C@@](C)([C@@H]3C[C@@H]4CCO[C@H]4O3)[C@@H]1CCC[C@]21CO1. The number of hydrogen-bond acceptors (Lipinski definition) is 7. The van der Waals surface area contributed by atoms with E-state index in [1.54, 1.807) is 0 Å². The highest BCUT2D eigenvalue weighted by molar-refractivity contribution is 5.67. The van der Waals surface area contributed by atoms with E-state index >= 15 is 0 Å². The predicted molar refractivity (Wildman–Crippen MR) is 110 cm³/mol. The van der Waals surface area contributed by atoms with Crippen LogP contribution in [0.2, 0.25) is 0 Å². The van der Waals surface area contributed by atoms with Crippen LogP contribution in [0.3, 0.4) is 0 Å². The standard InChI is InChI=1S/C24H36O7/c1-14-10-20(30-16(3)26)24(13-28-15(2)25)18(6-5-8-23(24)12-29-23)22(14,4)19-11-17-7-9-27-21(17)31-19/h14,17-21H,5-13H2,1-4H3/t14-,17-,18-,19-,20+,21-,22+,23-,24-/m0/s1. The van der Waals surface area contributed by atoms with Crippen LogP contribution in [0, 0.1) is 28.6 Å². The zero-order valence-corrected chi connectivity index (χ0v) is 19.2. The molecule has 5 rings (SSSR count). The van der Waals surface area contributed by atoms with E-state index in [1.807, 2.05) is 0 Å². The van der Waals surface area contributed by atoms with Gasteiger partial charge in [0.15, 0.2) is 6.29 Å². The van der Waals surface area contributed by atoms with Crippen molar-refractivity contribution < 1.29 is 33.3 Å². The van der Waals surface area contributed by atoms with E-state index in [0.717, 1.165) is 45.1 Å². The molecular formula is C24H36O7. The summed E-state index contributed by atoms with van der Waals surface area (Å²) >= 11 is 0. The first-order valence-corrected chi connectivity index (χ1v) is 11.9. The van der Waals surface area contributed by atoms with Crippen molar-refractivity contribution in [3.63, 3.8) is 0 Å². The summed E-state index contributed by atoms with van der Waals surface area (Å²) in [6.07, 6.45) is 5.36. The highest BCUT2D eigenvalue weighted by Gasteiger charge is 2.76. The van der Waals surface area contributed by atoms with Crippen LogP contribution in [0.25, 0.3) is 0 Å². The molecule has 9 atom stereocenters. The maximum absolute atomic E-state index is 12.1. The first kappa shape index (κ1) is 21.7. The predicted octanol–water partition coefficient (Wildman–Crippen LogP) is 3.23. The lowest BCUT2D eigenvalue weighted by atomic mass is 9.42. The summed E-state index contributed by atoms with van der Waals surface area (Å²) in [5.41, 5.74) is -1.09. The lowest BCUT2D eigenvalue weighted by Crippen LogP contribution is -2.69. The Hall–Kier alpha value is -1.18. The summed E-state index contributed by atoms with van der Waals surface area (Å²) in [6.45, 7) is 9.16. The lowest BCUT2D eigenvalue weighted by molar-refractivity contribution is -0.255. The van der Waals surface area contributed by atoms with E-state index in [-0.39, 0.29) is 54.3 Å². The topological polar surface area (TPSA) is 83.6 Å². The second-order valence-corrected chi connectivity index (χ2v) is 10.8. The minimum Gasteiger partial charge on any atom is -0.465 e. The van der Waals surface area contributed by atoms with Gasteiger partial charge in [0.05, 0.1) is 24.7 Å². The molecule has 2 aliphatic carbocycles. The van der Waals surface area contributed by atoms with Crippen molar-refractivity contribution in [1.82, 2.24) is 0 Å². The Bertz CT molecular complexity index is 736. The minimum absolute atomic E-state index is 0.0756. The number of hydrogen-bond donors (Lipinski definition) is 0. The van der Waals surface area contributed by atoms with Gasteiger partial charge >= 0.3 is 11.9 Å². The highest BCUT2D eigenvalue weighted by Crippen LogP contribution is 2.70. The largest absolute Gasteiger partial charge is 0.465 e. The average molecular weight is 437 g/mol. The molecule has 0 aromatic carbocycles. The third-order valence-electron chi connectivity index (χ3n) is 9.48. The first-order valence-electron chi connectivity index (χ1n) is 11.9. The Balaban J connectivity index is 1.57. The molecule has 0 radical (unpaired) electrons. The molecule has 5 fully saturated rings. The number of ether oxygens (including phenoxy) is 5. The Labute approximate surface area is 184 Å². The molecule has 174 valence electrons. The fourth-order valence-corrected chi connectivity index (χ4v) is 7.73. The zero-order valence-electron chi connectivity index (χ0n) is 19.2. The number of fused-ring (bicyclic) bond motifs is 3. The van der Waals surface area contributed by atoms with E-state index in [0.29, 0.717) is 12.5 Å². The maximum atomic E-state index is 12.1. The van der Waals surface area contributed by atoms with Gasteiger partial charge in [-0.25, -0.2) is 0 Å². The van der Waals surface area contributed by atoms with Gasteiger partial charge in [0.2, 0.25) is 0 Å². The molecule has 2 saturated carbocycles. The molecular weight excluding hydrogens is 400 g/mol. The van der Waals surface area contributed by atoms with Crippen molar-refractivity contribution in [2.75, 3.05) is 19.8 Å². The number of carbonyl (C=O) groups excluding carboxylic acids is 2. The molecule has 7 nitrogen and oxygen atoms in total. The van der Waals surface area contributed by atoms with Gasteiger partial charge in [-0.3, -0.25) is 9.59 Å². The van der Waals surface area contributed by atoms with Gasteiger partial charge in [-0.15, -0.1) is 0 Å². The van der Waals surface area contributed by atoms with Crippen LogP contribution in [-0.2, 0) is 33.3 Å². The Morgan fingerprint density at radius 3 is 2.55 bits per heavy atom. The molecule has 1 spiro atoms. The van der Waals surface area contributed by atoms with Crippen LogP contribution in [0.1, 0.15) is 66.2 Å². The Kier molecular flexibility index (Phi) is 5.18. The molecule has 0 N–H and O–H groups in total. The molecule has 3 heterocycles. The Morgan fingerprint density at radius 1 is 1.13 bits per heavy atom. The monoisotopic (exact) mass is 436 g/mol. The second-order valence-electron chi connectivity index (χ2n) is 10.8. The van der Waals surface area contributed by atoms with Gasteiger partial charge < -0.3 is 23.7 Å². The number of carbonyl (C=O) groups is 2. The summed E-state index contributed by atoms with van der Waals surface area (Å²) < 4.78 is 30.3. The molecule has 5 aliphatic rings. The van der Waals surface area contributed by atoms with Crippen molar-refractivity contribution in [1.29, 1.82) is 0 Å². The minimum atomic E-state index is -0.550. The van der Waals surface area contributed by atoms with Gasteiger partial charge in [-0.05, 0) is 43.9 Å². The third-order valence-corrected chi connectivity index (χ3v) is 9.48. The fraction of sp³-hybridized carbons (Fsp3) is 0.917. The number of epoxide rings is 1. The zero-order chi connectivity index (χ0) is 22.0. The molecule has 0 aromatic rings. The molecule has 3 aliphatic heterocycles. The van der Waals surface area contributed by atoms with Gasteiger partial charge in [0, 0.05) is 25.2 Å². The molecule has 0 aromatic heterocycles. The summed E-state index contributed by atoms with van der Waals surface area (Å²) in [5, 5.41) is 0. The maximum Gasteiger partial charge on any atom is 0.302 e. The van der Waals surface area contributed by atoms with E-state index in [2.05, 4.69) is 13.8 Å². The summed E-state index contributed by atoms with van der Waals surface area (Å²) in [4.78, 5) is 24.1. The molecule has 0 bridgehead atoms. The van der Waals surface area contributed by atoms with Crippen molar-refractivity contribution in [3.05, 3.63) is 0 Å². The second kappa shape index (κ2) is 7.42. The van der Waals surface area contributed by atoms with Crippen molar-refractivity contribution in [3.8, 4) is 0 Å².